The van der Waals surface area contributed by atoms with Crippen molar-refractivity contribution in [3.05, 3.63) is 10.4 Å². The van der Waals surface area contributed by atoms with Gasteiger partial charge in [-0.25, -0.2) is 0 Å². The molecule has 20 heavy (non-hydrogen) atoms. The molecule has 114 valence electrons. The monoisotopic (exact) mass is 301 g/mol. The molecule has 0 aliphatic rings. The minimum atomic E-state index is -1.47. The molecule has 0 aromatic carbocycles. The summed E-state index contributed by atoms with van der Waals surface area (Å²) >= 11 is 1.44. The van der Waals surface area contributed by atoms with Gasteiger partial charge in [0.05, 0.1) is 0 Å². The Balaban J connectivity index is 5.30. The fraction of sp³-hybridized carbons (Fsp3) is 0.846. The summed E-state index contributed by atoms with van der Waals surface area (Å²) in [5, 5.41) is 3.08. The summed E-state index contributed by atoms with van der Waals surface area (Å²) in [4.78, 5) is 26.7. The van der Waals surface area contributed by atoms with E-state index in [1.54, 1.807) is 20.8 Å². The second kappa shape index (κ2) is 6.50. The molecule has 0 unspecified atom stereocenters. The van der Waals surface area contributed by atoms with Gasteiger partial charge in [-0.3, -0.25) is 9.59 Å². The predicted octanol–water partition coefficient (Wildman–Crippen LogP) is 3.70. The summed E-state index contributed by atoms with van der Waals surface area (Å²) in [5.41, 5.74) is 6.24. The van der Waals surface area contributed by atoms with Crippen molar-refractivity contribution in [2.24, 2.45) is 10.5 Å². The smallest absolute Gasteiger partial charge is 0.320 e. The first-order valence-corrected chi connectivity index (χ1v) is 7.27. The van der Waals surface area contributed by atoms with E-state index >= 15 is 0 Å². The highest BCUT2D eigenvalue weighted by molar-refractivity contribution is 8.00. The van der Waals surface area contributed by atoms with E-state index in [1.807, 2.05) is 20.8 Å². The van der Waals surface area contributed by atoms with Crippen LogP contribution < -0.4 is 0 Å². The number of esters is 1. The summed E-state index contributed by atoms with van der Waals surface area (Å²) < 4.78 is 5.15. The quantitative estimate of drug-likeness (QED) is 0.260. The lowest BCUT2D eigenvalue weighted by Gasteiger charge is -2.31. The highest BCUT2D eigenvalue weighted by Gasteiger charge is 2.44. The van der Waals surface area contributed by atoms with Gasteiger partial charge in [0.15, 0.2) is 0 Å². The molecule has 0 aliphatic heterocycles. The van der Waals surface area contributed by atoms with Crippen molar-refractivity contribution in [3.8, 4) is 0 Å². The molecule has 0 radical (unpaired) electrons. The zero-order valence-electron chi connectivity index (χ0n) is 13.2. The summed E-state index contributed by atoms with van der Waals surface area (Å²) in [7, 11) is 0. The van der Waals surface area contributed by atoms with Gasteiger partial charge in [0.1, 0.15) is 11.0 Å². The van der Waals surface area contributed by atoms with E-state index in [-0.39, 0.29) is 10.5 Å². The number of amides is 1. The van der Waals surface area contributed by atoms with E-state index in [1.165, 1.54) is 18.7 Å². The lowest BCUT2D eigenvalue weighted by Crippen LogP contribution is -2.43. The lowest BCUT2D eigenvalue weighted by atomic mass is 9.92. The number of ether oxygens (including phenoxy) is 1. The van der Waals surface area contributed by atoms with Crippen LogP contribution in [0.1, 0.15) is 48.5 Å². The average molecular weight is 301 g/mol. The van der Waals surface area contributed by atoms with Crippen molar-refractivity contribution >= 4 is 23.6 Å². The number of azide groups is 1. The third-order valence-corrected chi connectivity index (χ3v) is 3.84. The van der Waals surface area contributed by atoms with Gasteiger partial charge >= 0.3 is 5.97 Å². The lowest BCUT2D eigenvalue weighted by molar-refractivity contribution is -0.167. The maximum absolute atomic E-state index is 12.3. The largest absolute Gasteiger partial charge is 0.459 e. The third kappa shape index (κ3) is 6.30. The number of hydrogen-bond acceptors (Lipinski definition) is 4. The Labute approximate surface area is 124 Å². The molecule has 0 aliphatic carbocycles. The molecule has 1 amide bonds. The number of carbonyl (C=O) groups is 2. The molecular formula is C13H23N3O3S. The normalized spacial score (nSPS) is 14.9. The van der Waals surface area contributed by atoms with Gasteiger partial charge in [0.2, 0.25) is 5.91 Å². The van der Waals surface area contributed by atoms with E-state index in [0.717, 1.165) is 0 Å². The topological polar surface area (TPSA) is 92.1 Å². The Kier molecular flexibility index (Phi) is 6.11. The van der Waals surface area contributed by atoms with Gasteiger partial charge in [-0.15, -0.1) is 0 Å². The molecule has 0 heterocycles. The van der Waals surface area contributed by atoms with Gasteiger partial charge in [-0.1, -0.05) is 20.8 Å². The fourth-order valence-corrected chi connectivity index (χ4v) is 2.07. The number of carbonyl (C=O) groups excluding carboxylic acids is 2. The molecule has 7 heteroatoms. The molecule has 0 saturated carbocycles. The van der Waals surface area contributed by atoms with Crippen LogP contribution in [0.2, 0.25) is 0 Å². The molecule has 0 fully saturated rings. The van der Waals surface area contributed by atoms with Crippen molar-refractivity contribution < 1.29 is 14.3 Å². The Morgan fingerprint density at radius 2 is 1.65 bits per heavy atom. The molecule has 1 atom stereocenters. The van der Waals surface area contributed by atoms with E-state index in [9.17, 15) is 9.59 Å². The Morgan fingerprint density at radius 3 is 2.00 bits per heavy atom. The Bertz CT molecular complexity index is 431. The Morgan fingerprint density at radius 1 is 1.15 bits per heavy atom. The first kappa shape index (κ1) is 18.8. The van der Waals surface area contributed by atoms with Gasteiger partial charge < -0.3 is 4.74 Å². The molecule has 0 saturated heterocycles. The van der Waals surface area contributed by atoms with Gasteiger partial charge in [-0.05, 0) is 38.3 Å². The molecular weight excluding hydrogens is 278 g/mol. The van der Waals surface area contributed by atoms with Crippen LogP contribution in [0.15, 0.2) is 5.11 Å². The van der Waals surface area contributed by atoms with Crippen LogP contribution in [0.3, 0.4) is 0 Å². The van der Waals surface area contributed by atoms with Crippen LogP contribution in [0.5, 0.6) is 0 Å². The van der Waals surface area contributed by atoms with Crippen LogP contribution in [0.25, 0.3) is 10.4 Å². The number of hydrogen-bond donors (Lipinski definition) is 0. The second-order valence-electron chi connectivity index (χ2n) is 6.73. The average Bonchev–Trinajstić information content (AvgIpc) is 2.22. The van der Waals surface area contributed by atoms with Gasteiger partial charge in [0, 0.05) is 15.4 Å². The van der Waals surface area contributed by atoms with E-state index < -0.39 is 22.9 Å². The standard InChI is InChI=1S/C13H23N3O3S/c1-11(2,3)19-10(18)13(7,9(17)15-16-14)8-20-12(4,5)6/h8H2,1-7H3/t13-/m0/s1. The third-order valence-electron chi connectivity index (χ3n) is 2.25. The molecule has 0 rings (SSSR count). The van der Waals surface area contributed by atoms with Crippen molar-refractivity contribution in [2.45, 2.75) is 58.8 Å². The summed E-state index contributed by atoms with van der Waals surface area (Å²) in [5.74, 6) is -1.28. The number of thioether (sulfide) groups is 1. The first-order chi connectivity index (χ1) is 8.82. The Hall–Kier alpha value is -1.20. The molecule has 6 nitrogen and oxygen atoms in total. The maximum atomic E-state index is 12.3. The van der Waals surface area contributed by atoms with Crippen molar-refractivity contribution in [1.29, 1.82) is 0 Å². The van der Waals surface area contributed by atoms with E-state index in [0.29, 0.717) is 0 Å². The van der Waals surface area contributed by atoms with Crippen LogP contribution in [-0.4, -0.2) is 28.0 Å². The summed E-state index contributed by atoms with van der Waals surface area (Å²) in [6.45, 7) is 12.6. The minimum absolute atomic E-state index is 0.125. The molecule has 0 aromatic heterocycles. The number of rotatable bonds is 4. The van der Waals surface area contributed by atoms with Crippen LogP contribution in [-0.2, 0) is 14.3 Å². The van der Waals surface area contributed by atoms with Crippen LogP contribution in [0, 0.1) is 5.41 Å². The zero-order chi connectivity index (χ0) is 16.2. The SMILES string of the molecule is CC(C)(C)OC(=O)[C@@](C)(CSC(C)(C)C)C(=O)N=[N+]=[N-]. The van der Waals surface area contributed by atoms with Crippen molar-refractivity contribution in [1.82, 2.24) is 0 Å². The summed E-state index contributed by atoms with van der Waals surface area (Å²) in [6, 6.07) is 0. The minimum Gasteiger partial charge on any atom is -0.459 e. The van der Waals surface area contributed by atoms with Crippen LogP contribution in [0.4, 0.5) is 0 Å². The van der Waals surface area contributed by atoms with Gasteiger partial charge in [0.25, 0.3) is 0 Å². The number of nitrogens with zero attached hydrogens (tertiary/aromatic N) is 3. The first-order valence-electron chi connectivity index (χ1n) is 6.29. The van der Waals surface area contributed by atoms with Crippen molar-refractivity contribution in [2.75, 3.05) is 5.75 Å². The highest BCUT2D eigenvalue weighted by Crippen LogP contribution is 2.34. The van der Waals surface area contributed by atoms with Crippen molar-refractivity contribution in [3.63, 3.8) is 0 Å². The molecule has 0 bridgehead atoms. The second-order valence-corrected chi connectivity index (χ2v) is 8.53. The predicted molar refractivity (Wildman–Crippen MR) is 80.3 cm³/mol. The van der Waals surface area contributed by atoms with Crippen LogP contribution >= 0.6 is 11.8 Å². The molecule has 0 spiro atoms. The van der Waals surface area contributed by atoms with Gasteiger partial charge in [-0.2, -0.15) is 11.8 Å². The molecule has 0 N–H and O–H groups in total. The van der Waals surface area contributed by atoms with E-state index in [2.05, 4.69) is 10.0 Å². The van der Waals surface area contributed by atoms with E-state index in [4.69, 9.17) is 10.3 Å². The molecule has 0 aromatic rings. The zero-order valence-corrected chi connectivity index (χ0v) is 14.0. The highest BCUT2D eigenvalue weighted by atomic mass is 32.2. The fourth-order valence-electron chi connectivity index (χ4n) is 1.11. The summed E-state index contributed by atoms with van der Waals surface area (Å²) in [6.07, 6.45) is 0. The maximum Gasteiger partial charge on any atom is 0.320 e.